The summed E-state index contributed by atoms with van der Waals surface area (Å²) < 4.78 is 46.8. The summed E-state index contributed by atoms with van der Waals surface area (Å²) in [6.07, 6.45) is 1.41. The molecule has 2 unspecified atom stereocenters. The molecule has 2 aromatic carbocycles. The second-order valence-corrected chi connectivity index (χ2v) is 8.30. The van der Waals surface area contributed by atoms with Crippen LogP contribution in [-0.2, 0) is 16.0 Å². The van der Waals surface area contributed by atoms with E-state index in [1.165, 1.54) is 0 Å². The number of Topliss-reactive ketones (excluding diaryl/α,β-unsaturated/α-hetero) is 1. The molecule has 3 rings (SSSR count). The number of carbonyl (C=O) groups is 1. The number of ketones is 1. The fraction of sp³-hybridized carbons (Fsp3) is 0.400. The number of benzene rings is 2. The van der Waals surface area contributed by atoms with Gasteiger partial charge in [0.2, 0.25) is 0 Å². The second kappa shape index (κ2) is 8.15. The Hall–Kier alpha value is -2.60. The Kier molecular flexibility index (Phi) is 6.07. The molecule has 1 N–H and O–H groups in total. The molecule has 0 saturated heterocycles. The van der Waals surface area contributed by atoms with Crippen molar-refractivity contribution in [3.63, 3.8) is 0 Å². The Morgan fingerprint density at radius 3 is 2.00 bits per heavy atom. The summed E-state index contributed by atoms with van der Waals surface area (Å²) in [6.45, 7) is 9.09. The van der Waals surface area contributed by atoms with Gasteiger partial charge in [-0.1, -0.05) is 39.0 Å². The highest BCUT2D eigenvalue weighted by atomic mass is 19.2. The van der Waals surface area contributed by atoms with Crippen molar-refractivity contribution in [1.29, 1.82) is 0 Å². The highest BCUT2D eigenvalue weighted by Gasteiger charge is 2.50. The zero-order valence-electron chi connectivity index (χ0n) is 18.4. The molecule has 0 spiro atoms. The third kappa shape index (κ3) is 3.78. The van der Waals surface area contributed by atoms with Gasteiger partial charge in [-0.15, -0.1) is 0 Å². The number of hydrogen-bond donors (Lipinski definition) is 1. The molecule has 0 aliphatic carbocycles. The minimum absolute atomic E-state index is 0.118. The van der Waals surface area contributed by atoms with E-state index in [1.807, 2.05) is 20.8 Å². The average Bonchev–Trinajstić information content (AvgIpc) is 2.76. The predicted molar refractivity (Wildman–Crippen MR) is 114 cm³/mol. The normalized spacial score (nSPS) is 24.1. The Balaban J connectivity index is 2.21. The average molecular weight is 432 g/mol. The van der Waals surface area contributed by atoms with Crippen LogP contribution in [0.5, 0.6) is 0 Å². The van der Waals surface area contributed by atoms with E-state index < -0.39 is 28.7 Å². The number of halogens is 3. The van der Waals surface area contributed by atoms with Gasteiger partial charge < -0.3 is 9.84 Å². The lowest BCUT2D eigenvalue weighted by atomic mass is 9.78. The van der Waals surface area contributed by atoms with Gasteiger partial charge in [0.05, 0.1) is 5.57 Å². The third-order valence-electron chi connectivity index (χ3n) is 6.32. The van der Waals surface area contributed by atoms with Gasteiger partial charge in [-0.05, 0) is 67.5 Å². The van der Waals surface area contributed by atoms with Gasteiger partial charge in [-0.25, -0.2) is 13.2 Å². The van der Waals surface area contributed by atoms with Crippen LogP contribution in [-0.4, -0.2) is 22.1 Å². The predicted octanol–water partition coefficient (Wildman–Crippen LogP) is 6.54. The number of hydrogen-bond acceptors (Lipinski definition) is 3. The van der Waals surface area contributed by atoms with Gasteiger partial charge in [0.1, 0.15) is 17.0 Å². The topological polar surface area (TPSA) is 46.5 Å². The Morgan fingerprint density at radius 2 is 1.48 bits per heavy atom. The number of aliphatic hydroxyl groups excluding tert-OH is 1. The molecular weight excluding hydrogens is 405 g/mol. The molecule has 3 nitrogen and oxygen atoms in total. The van der Waals surface area contributed by atoms with E-state index in [0.717, 1.165) is 17.7 Å². The molecule has 0 bridgehead atoms. The van der Waals surface area contributed by atoms with E-state index >= 15 is 0 Å². The van der Waals surface area contributed by atoms with Crippen molar-refractivity contribution in [3.8, 4) is 11.1 Å². The molecule has 0 fully saturated rings. The maximum Gasteiger partial charge on any atom is 0.198 e. The van der Waals surface area contributed by atoms with Crippen LogP contribution >= 0.6 is 0 Å². The van der Waals surface area contributed by atoms with E-state index in [-0.39, 0.29) is 22.7 Å². The standard InChI is InChI=1S/C25H27F3O3/c1-6-14-11-15(16-12-18(26)21(28)19(27)13-16)9-10-17(14)20-22(29)24(4,7-2)31-25(5,8-3)23(20)30/h9-13,29H,6-8H2,1-5H3. The summed E-state index contributed by atoms with van der Waals surface area (Å²) in [5.74, 6) is -4.48. The highest BCUT2D eigenvalue weighted by Crippen LogP contribution is 2.44. The molecule has 0 radical (unpaired) electrons. The number of rotatable bonds is 5. The number of aliphatic hydroxyl groups is 1. The third-order valence-corrected chi connectivity index (χ3v) is 6.32. The molecule has 2 aromatic rings. The van der Waals surface area contributed by atoms with Gasteiger partial charge in [0.15, 0.2) is 23.2 Å². The fourth-order valence-electron chi connectivity index (χ4n) is 3.98. The van der Waals surface area contributed by atoms with Gasteiger partial charge in [-0.3, -0.25) is 4.79 Å². The molecule has 166 valence electrons. The number of ether oxygens (including phenoxy) is 1. The van der Waals surface area contributed by atoms with E-state index in [9.17, 15) is 23.1 Å². The minimum atomic E-state index is -1.52. The maximum atomic E-state index is 13.7. The van der Waals surface area contributed by atoms with Crippen LogP contribution in [0.1, 0.15) is 58.6 Å². The zero-order valence-corrected chi connectivity index (χ0v) is 18.4. The first-order valence-corrected chi connectivity index (χ1v) is 10.5. The van der Waals surface area contributed by atoms with Crippen LogP contribution in [0, 0.1) is 17.5 Å². The van der Waals surface area contributed by atoms with Crippen molar-refractivity contribution >= 4 is 11.4 Å². The lowest BCUT2D eigenvalue weighted by molar-refractivity contribution is -0.167. The van der Waals surface area contributed by atoms with Crippen LogP contribution in [0.25, 0.3) is 16.7 Å². The monoisotopic (exact) mass is 432 g/mol. The van der Waals surface area contributed by atoms with Crippen LogP contribution in [0.4, 0.5) is 13.2 Å². The van der Waals surface area contributed by atoms with Crippen molar-refractivity contribution < 1.29 is 27.8 Å². The zero-order chi connectivity index (χ0) is 23.1. The van der Waals surface area contributed by atoms with Crippen molar-refractivity contribution in [2.24, 2.45) is 0 Å². The molecule has 31 heavy (non-hydrogen) atoms. The van der Waals surface area contributed by atoms with Crippen molar-refractivity contribution in [2.75, 3.05) is 0 Å². The summed E-state index contributed by atoms with van der Waals surface area (Å²) in [4.78, 5) is 13.4. The smallest absolute Gasteiger partial charge is 0.198 e. The lowest BCUT2D eigenvalue weighted by Gasteiger charge is -2.43. The van der Waals surface area contributed by atoms with E-state index in [1.54, 1.807) is 32.0 Å². The molecular formula is C25H27F3O3. The number of carbonyl (C=O) groups excluding carboxylic acids is 1. The van der Waals surface area contributed by atoms with Crippen LogP contribution in [0.2, 0.25) is 0 Å². The second-order valence-electron chi connectivity index (χ2n) is 8.30. The molecule has 2 atom stereocenters. The Morgan fingerprint density at radius 1 is 0.903 bits per heavy atom. The van der Waals surface area contributed by atoms with Crippen LogP contribution in [0.15, 0.2) is 36.1 Å². The quantitative estimate of drug-likeness (QED) is 0.546. The molecule has 6 heteroatoms. The van der Waals surface area contributed by atoms with Gasteiger partial charge >= 0.3 is 0 Å². The summed E-state index contributed by atoms with van der Waals surface area (Å²) in [5, 5.41) is 11.0. The Bertz CT molecular complexity index is 1050. The van der Waals surface area contributed by atoms with E-state index in [4.69, 9.17) is 4.74 Å². The fourth-order valence-corrected chi connectivity index (χ4v) is 3.98. The van der Waals surface area contributed by atoms with Crippen LogP contribution < -0.4 is 0 Å². The number of aryl methyl sites for hydroxylation is 1. The highest BCUT2D eigenvalue weighted by molar-refractivity contribution is 6.26. The molecule has 1 aliphatic heterocycles. The van der Waals surface area contributed by atoms with Crippen molar-refractivity contribution in [2.45, 2.75) is 65.1 Å². The molecule has 1 aliphatic rings. The molecule has 0 aromatic heterocycles. The molecule has 0 saturated carbocycles. The first-order valence-electron chi connectivity index (χ1n) is 10.5. The summed E-state index contributed by atoms with van der Waals surface area (Å²) in [5.41, 5.74) is 0.0520. The van der Waals surface area contributed by atoms with Crippen molar-refractivity contribution in [3.05, 3.63) is 64.7 Å². The largest absolute Gasteiger partial charge is 0.508 e. The SMILES string of the molecule is CCc1cc(-c2cc(F)c(F)c(F)c2)ccc1C1=C(O)C(C)(CC)OC(C)(CC)C1=O. The van der Waals surface area contributed by atoms with E-state index in [2.05, 4.69) is 0 Å². The lowest BCUT2D eigenvalue weighted by Crippen LogP contribution is -2.52. The summed E-state index contributed by atoms with van der Waals surface area (Å²) in [7, 11) is 0. The van der Waals surface area contributed by atoms with Gasteiger partial charge in [0, 0.05) is 0 Å². The maximum absolute atomic E-state index is 13.7. The molecule has 0 amide bonds. The van der Waals surface area contributed by atoms with Crippen molar-refractivity contribution in [1.82, 2.24) is 0 Å². The van der Waals surface area contributed by atoms with Crippen LogP contribution in [0.3, 0.4) is 0 Å². The van der Waals surface area contributed by atoms with Gasteiger partial charge in [0.25, 0.3) is 0 Å². The first-order chi connectivity index (χ1) is 14.5. The summed E-state index contributed by atoms with van der Waals surface area (Å²) in [6, 6.07) is 6.85. The first kappa shape index (κ1) is 23.1. The Labute approximate surface area is 180 Å². The summed E-state index contributed by atoms with van der Waals surface area (Å²) >= 11 is 0. The van der Waals surface area contributed by atoms with E-state index in [0.29, 0.717) is 30.4 Å². The molecule has 1 heterocycles. The minimum Gasteiger partial charge on any atom is -0.508 e. The van der Waals surface area contributed by atoms with Gasteiger partial charge in [-0.2, -0.15) is 0 Å².